The smallest absolute Gasteiger partial charge is 0.250 e. The summed E-state index contributed by atoms with van der Waals surface area (Å²) in [6, 6.07) is 10.6. The van der Waals surface area contributed by atoms with Gasteiger partial charge in [0.15, 0.2) is 16.6 Å². The summed E-state index contributed by atoms with van der Waals surface area (Å²) in [5.41, 5.74) is 1.44. The summed E-state index contributed by atoms with van der Waals surface area (Å²) in [6.07, 6.45) is 2.98. The molecular weight excluding hydrogens is 380 g/mol. The molecule has 0 heterocycles. The van der Waals surface area contributed by atoms with Gasteiger partial charge in [-0.05, 0) is 60.3 Å². The molecule has 0 saturated carbocycles. The molecule has 2 aromatic carbocycles. The van der Waals surface area contributed by atoms with Crippen LogP contribution in [0.1, 0.15) is 5.56 Å². The molecule has 0 aliphatic carbocycles. The average molecular weight is 402 g/mol. The first kappa shape index (κ1) is 21.0. The van der Waals surface area contributed by atoms with Crippen LogP contribution in [0.5, 0.6) is 23.0 Å². The highest BCUT2D eigenvalue weighted by Crippen LogP contribution is 2.38. The van der Waals surface area contributed by atoms with Gasteiger partial charge in [0.1, 0.15) is 5.75 Å². The monoisotopic (exact) mass is 402 g/mol. The number of methoxy groups -OCH3 is 4. The Kier molecular flexibility index (Phi) is 7.65. The van der Waals surface area contributed by atoms with Crippen molar-refractivity contribution in [3.05, 3.63) is 48.0 Å². The first-order valence-electron chi connectivity index (χ1n) is 8.24. The minimum Gasteiger partial charge on any atom is -0.497 e. The third kappa shape index (κ3) is 5.62. The average Bonchev–Trinajstić information content (AvgIpc) is 2.71. The van der Waals surface area contributed by atoms with Crippen LogP contribution in [0, 0.1) is 0 Å². The highest BCUT2D eigenvalue weighted by Gasteiger charge is 2.12. The van der Waals surface area contributed by atoms with Gasteiger partial charge < -0.3 is 24.3 Å². The molecule has 7 nitrogen and oxygen atoms in total. The van der Waals surface area contributed by atoms with E-state index < -0.39 is 0 Å². The van der Waals surface area contributed by atoms with Crippen LogP contribution in [-0.2, 0) is 4.79 Å². The predicted octanol–water partition coefficient (Wildman–Crippen LogP) is 3.25. The Balaban J connectivity index is 2.01. The summed E-state index contributed by atoms with van der Waals surface area (Å²) in [5.74, 6) is 1.84. The summed E-state index contributed by atoms with van der Waals surface area (Å²) in [7, 11) is 6.18. The molecule has 0 atom stereocenters. The number of anilines is 1. The molecule has 0 aliphatic heterocycles. The molecule has 2 rings (SSSR count). The maximum absolute atomic E-state index is 12.1. The van der Waals surface area contributed by atoms with Gasteiger partial charge in [-0.2, -0.15) is 0 Å². The van der Waals surface area contributed by atoms with E-state index in [4.69, 9.17) is 31.2 Å². The number of amides is 1. The number of thiocarbonyl (C=S) groups is 1. The van der Waals surface area contributed by atoms with E-state index in [0.29, 0.717) is 22.8 Å². The summed E-state index contributed by atoms with van der Waals surface area (Å²) >= 11 is 5.15. The normalized spacial score (nSPS) is 10.3. The number of carbonyl (C=O) groups is 1. The van der Waals surface area contributed by atoms with E-state index in [1.54, 1.807) is 49.6 Å². The zero-order chi connectivity index (χ0) is 20.5. The number of hydrogen-bond donors (Lipinski definition) is 2. The van der Waals surface area contributed by atoms with E-state index in [0.717, 1.165) is 11.4 Å². The lowest BCUT2D eigenvalue weighted by Gasteiger charge is -2.12. The summed E-state index contributed by atoms with van der Waals surface area (Å²) in [6.45, 7) is 0. The summed E-state index contributed by atoms with van der Waals surface area (Å²) in [4.78, 5) is 12.1. The van der Waals surface area contributed by atoms with E-state index in [-0.39, 0.29) is 11.0 Å². The van der Waals surface area contributed by atoms with E-state index in [9.17, 15) is 4.79 Å². The van der Waals surface area contributed by atoms with Crippen molar-refractivity contribution < 1.29 is 23.7 Å². The number of nitrogens with one attached hydrogen (secondary N) is 2. The van der Waals surface area contributed by atoms with Crippen molar-refractivity contribution in [2.75, 3.05) is 33.8 Å². The first-order valence-corrected chi connectivity index (χ1v) is 8.65. The quantitative estimate of drug-likeness (QED) is 0.544. The summed E-state index contributed by atoms with van der Waals surface area (Å²) < 4.78 is 21.0. The second-order valence-electron chi connectivity index (χ2n) is 5.46. The van der Waals surface area contributed by atoms with Crippen molar-refractivity contribution in [2.24, 2.45) is 0 Å². The standard InChI is InChI=1S/C20H22N2O5S/c1-24-15-8-6-14(7-9-15)21-20(28)22-18(23)10-5-13-11-16(25-2)19(27-4)17(12-13)26-3/h5-12H,1-4H3,(H2,21,22,23,28). The fourth-order valence-corrected chi connectivity index (χ4v) is 2.58. The van der Waals surface area contributed by atoms with Crippen LogP contribution in [0.4, 0.5) is 5.69 Å². The molecule has 0 bridgehead atoms. The van der Waals surface area contributed by atoms with Gasteiger partial charge in [-0.1, -0.05) is 0 Å². The molecule has 2 N–H and O–H groups in total. The van der Waals surface area contributed by atoms with Gasteiger partial charge in [-0.3, -0.25) is 10.1 Å². The van der Waals surface area contributed by atoms with E-state index in [1.807, 2.05) is 0 Å². The van der Waals surface area contributed by atoms with Gasteiger partial charge in [0.2, 0.25) is 11.7 Å². The molecule has 148 valence electrons. The number of benzene rings is 2. The fraction of sp³-hybridized carbons (Fsp3) is 0.200. The van der Waals surface area contributed by atoms with Crippen LogP contribution < -0.4 is 29.6 Å². The fourth-order valence-electron chi connectivity index (χ4n) is 2.36. The minimum absolute atomic E-state index is 0.185. The zero-order valence-electron chi connectivity index (χ0n) is 16.1. The van der Waals surface area contributed by atoms with Gasteiger partial charge in [0.25, 0.3) is 0 Å². The van der Waals surface area contributed by atoms with Crippen LogP contribution in [0.15, 0.2) is 42.5 Å². The summed E-state index contributed by atoms with van der Waals surface area (Å²) in [5, 5.41) is 5.70. The lowest BCUT2D eigenvalue weighted by molar-refractivity contribution is -0.115. The molecule has 0 unspecified atom stereocenters. The van der Waals surface area contributed by atoms with E-state index in [1.165, 1.54) is 27.4 Å². The highest BCUT2D eigenvalue weighted by molar-refractivity contribution is 7.80. The number of ether oxygens (including phenoxy) is 4. The van der Waals surface area contributed by atoms with Gasteiger partial charge in [-0.15, -0.1) is 0 Å². The first-order chi connectivity index (χ1) is 13.5. The van der Waals surface area contributed by atoms with Crippen LogP contribution in [0.25, 0.3) is 6.08 Å². The van der Waals surface area contributed by atoms with Gasteiger partial charge in [-0.25, -0.2) is 0 Å². The number of hydrogen-bond acceptors (Lipinski definition) is 6. The second-order valence-corrected chi connectivity index (χ2v) is 5.87. The van der Waals surface area contributed by atoms with Crippen molar-refractivity contribution in [3.8, 4) is 23.0 Å². The Labute approximate surface area is 169 Å². The third-order valence-electron chi connectivity index (χ3n) is 3.70. The molecule has 2 aromatic rings. The Morgan fingerprint density at radius 1 is 0.929 bits per heavy atom. The largest absolute Gasteiger partial charge is 0.497 e. The Morgan fingerprint density at radius 3 is 2.04 bits per heavy atom. The minimum atomic E-state index is -0.375. The molecule has 0 saturated heterocycles. The van der Waals surface area contributed by atoms with Crippen molar-refractivity contribution in [1.29, 1.82) is 0 Å². The molecular formula is C20H22N2O5S. The molecule has 8 heteroatoms. The second kappa shape index (κ2) is 10.2. The molecule has 0 aromatic heterocycles. The molecule has 0 fully saturated rings. The molecule has 1 amide bonds. The van der Waals surface area contributed by atoms with Crippen LogP contribution in [0.2, 0.25) is 0 Å². The van der Waals surface area contributed by atoms with Crippen molar-refractivity contribution in [1.82, 2.24) is 5.32 Å². The van der Waals surface area contributed by atoms with Crippen LogP contribution in [-0.4, -0.2) is 39.5 Å². The predicted molar refractivity (Wildman–Crippen MR) is 112 cm³/mol. The topological polar surface area (TPSA) is 78.1 Å². The zero-order valence-corrected chi connectivity index (χ0v) is 16.9. The molecule has 0 spiro atoms. The van der Waals surface area contributed by atoms with Crippen molar-refractivity contribution in [2.45, 2.75) is 0 Å². The SMILES string of the molecule is COc1ccc(NC(=S)NC(=O)C=Cc2cc(OC)c(OC)c(OC)c2)cc1. The Bertz CT molecular complexity index is 840. The van der Waals surface area contributed by atoms with Crippen molar-refractivity contribution >= 4 is 35.0 Å². The van der Waals surface area contributed by atoms with Gasteiger partial charge in [0.05, 0.1) is 28.4 Å². The number of rotatable bonds is 7. The van der Waals surface area contributed by atoms with Gasteiger partial charge in [0, 0.05) is 11.8 Å². The maximum atomic E-state index is 12.1. The third-order valence-corrected chi connectivity index (χ3v) is 3.90. The van der Waals surface area contributed by atoms with E-state index in [2.05, 4.69) is 10.6 Å². The number of carbonyl (C=O) groups excluding carboxylic acids is 1. The molecule has 0 radical (unpaired) electrons. The van der Waals surface area contributed by atoms with E-state index >= 15 is 0 Å². The van der Waals surface area contributed by atoms with Crippen LogP contribution >= 0.6 is 12.2 Å². The van der Waals surface area contributed by atoms with Gasteiger partial charge >= 0.3 is 0 Å². The lowest BCUT2D eigenvalue weighted by Crippen LogP contribution is -2.32. The molecule has 28 heavy (non-hydrogen) atoms. The Morgan fingerprint density at radius 2 is 1.54 bits per heavy atom. The Hall–Kier alpha value is -3.26. The highest BCUT2D eigenvalue weighted by atomic mass is 32.1. The maximum Gasteiger partial charge on any atom is 0.250 e. The lowest BCUT2D eigenvalue weighted by atomic mass is 10.1. The molecule has 0 aliphatic rings. The van der Waals surface area contributed by atoms with Crippen molar-refractivity contribution in [3.63, 3.8) is 0 Å². The van der Waals surface area contributed by atoms with Crippen LogP contribution in [0.3, 0.4) is 0 Å².